The van der Waals surface area contributed by atoms with E-state index in [1.807, 2.05) is 30.3 Å². The lowest BCUT2D eigenvalue weighted by molar-refractivity contribution is 0.0956. The van der Waals surface area contributed by atoms with Crippen LogP contribution in [-0.2, 0) is 0 Å². The average molecular weight is 459 g/mol. The maximum absolute atomic E-state index is 13.3. The van der Waals surface area contributed by atoms with Gasteiger partial charge >= 0.3 is 0 Å². The van der Waals surface area contributed by atoms with Crippen molar-refractivity contribution in [3.05, 3.63) is 83.0 Å². The van der Waals surface area contributed by atoms with Gasteiger partial charge in [-0.15, -0.1) is 11.3 Å². The summed E-state index contributed by atoms with van der Waals surface area (Å²) in [5, 5.41) is 6.17. The summed E-state index contributed by atoms with van der Waals surface area (Å²) in [6.45, 7) is 2.19. The molecule has 5 rings (SSSR count). The highest BCUT2D eigenvalue weighted by molar-refractivity contribution is 7.17. The molecule has 2 aromatic heterocycles. The highest BCUT2D eigenvalue weighted by Gasteiger charge is 2.15. The number of aromatic nitrogens is 1. The Labute approximate surface area is 195 Å². The first-order valence-electron chi connectivity index (χ1n) is 11.0. The molecule has 5 nitrogen and oxygen atoms in total. The van der Waals surface area contributed by atoms with E-state index in [1.165, 1.54) is 36.4 Å². The molecule has 166 valence electrons. The zero-order chi connectivity index (χ0) is 22.6. The normalized spacial score (nSPS) is 14.2. The summed E-state index contributed by atoms with van der Waals surface area (Å²) in [7, 11) is 0. The van der Waals surface area contributed by atoms with Crippen LogP contribution >= 0.6 is 11.3 Å². The van der Waals surface area contributed by atoms with Crippen LogP contribution in [0.3, 0.4) is 0 Å². The molecule has 1 amide bonds. The van der Waals surface area contributed by atoms with Crippen LogP contribution in [0.1, 0.15) is 34.5 Å². The number of rotatable bonds is 5. The first-order valence-corrected chi connectivity index (χ1v) is 11.8. The molecule has 1 aliphatic rings. The number of amides is 1. The Kier molecular flexibility index (Phi) is 6.13. The lowest BCUT2D eigenvalue weighted by Gasteiger charge is -2.27. The zero-order valence-electron chi connectivity index (χ0n) is 18.0. The third-order valence-electron chi connectivity index (χ3n) is 5.74. The molecule has 0 saturated carbocycles. The van der Waals surface area contributed by atoms with E-state index in [0.717, 1.165) is 28.9 Å². The second kappa shape index (κ2) is 9.50. The van der Waals surface area contributed by atoms with Crippen LogP contribution in [0.4, 0.5) is 9.39 Å². The molecule has 0 radical (unpaired) electrons. The lowest BCUT2D eigenvalue weighted by atomic mass is 10.0. The Morgan fingerprint density at radius 3 is 2.64 bits per heavy atom. The van der Waals surface area contributed by atoms with Gasteiger partial charge in [-0.2, -0.15) is 5.10 Å². The largest absolute Gasteiger partial charge is 0.363 e. The van der Waals surface area contributed by atoms with E-state index in [2.05, 4.69) is 26.5 Å². The van der Waals surface area contributed by atoms with Crippen molar-refractivity contribution in [3.63, 3.8) is 0 Å². The second-order valence-electron chi connectivity index (χ2n) is 8.00. The molecule has 0 aliphatic carbocycles. The summed E-state index contributed by atoms with van der Waals surface area (Å²) < 4.78 is 13.3. The van der Waals surface area contributed by atoms with Crippen molar-refractivity contribution >= 4 is 39.4 Å². The Bertz CT molecular complexity index is 1310. The fourth-order valence-electron chi connectivity index (χ4n) is 4.04. The summed E-state index contributed by atoms with van der Waals surface area (Å²) in [5.74, 6) is -0.634. The van der Waals surface area contributed by atoms with Gasteiger partial charge in [-0.25, -0.2) is 14.8 Å². The molecule has 1 saturated heterocycles. The van der Waals surface area contributed by atoms with Gasteiger partial charge in [0.15, 0.2) is 0 Å². The average Bonchev–Trinajstić information content (AvgIpc) is 3.33. The standard InChI is InChI=1S/C26H23FN4OS/c27-19-10-8-18(9-11-19)24-16-22(21-6-2-3-7-23(21)29-24)26(32)30-28-17-20-12-13-25(33-20)31-14-4-1-5-15-31/h2-3,6-13,16-17H,1,4-5,14-15H2,(H,30,32). The predicted octanol–water partition coefficient (Wildman–Crippen LogP) is 5.86. The molecule has 0 bridgehead atoms. The summed E-state index contributed by atoms with van der Waals surface area (Å²) in [5.41, 5.74) is 5.16. The van der Waals surface area contributed by atoms with Gasteiger partial charge < -0.3 is 4.90 Å². The summed E-state index contributed by atoms with van der Waals surface area (Å²) >= 11 is 1.67. The second-order valence-corrected chi connectivity index (χ2v) is 9.10. The van der Waals surface area contributed by atoms with Gasteiger partial charge in [0.05, 0.1) is 28.0 Å². The van der Waals surface area contributed by atoms with Crippen molar-refractivity contribution in [1.29, 1.82) is 0 Å². The fraction of sp³-hybridized carbons (Fsp3) is 0.192. The molecule has 0 atom stereocenters. The molecule has 2 aromatic carbocycles. The minimum atomic E-state index is -0.318. The number of nitrogens with zero attached hydrogens (tertiary/aromatic N) is 3. The van der Waals surface area contributed by atoms with Gasteiger partial charge in [0, 0.05) is 28.9 Å². The first-order chi connectivity index (χ1) is 16.2. The number of hydrazone groups is 1. The van der Waals surface area contributed by atoms with E-state index in [1.54, 1.807) is 35.8 Å². The van der Waals surface area contributed by atoms with Crippen LogP contribution in [-0.4, -0.2) is 30.2 Å². The zero-order valence-corrected chi connectivity index (χ0v) is 18.8. The van der Waals surface area contributed by atoms with E-state index in [4.69, 9.17) is 0 Å². The van der Waals surface area contributed by atoms with E-state index >= 15 is 0 Å². The van der Waals surface area contributed by atoms with Crippen LogP contribution in [0, 0.1) is 5.82 Å². The Balaban J connectivity index is 1.37. The van der Waals surface area contributed by atoms with Crippen molar-refractivity contribution < 1.29 is 9.18 Å². The topological polar surface area (TPSA) is 57.6 Å². The number of hydrogen-bond acceptors (Lipinski definition) is 5. The van der Waals surface area contributed by atoms with Crippen molar-refractivity contribution in [2.75, 3.05) is 18.0 Å². The van der Waals surface area contributed by atoms with Gasteiger partial charge in [-0.1, -0.05) is 18.2 Å². The smallest absolute Gasteiger partial charge is 0.272 e. The number of hydrogen-bond donors (Lipinski definition) is 1. The van der Waals surface area contributed by atoms with Crippen LogP contribution in [0.25, 0.3) is 22.2 Å². The lowest BCUT2D eigenvalue weighted by Crippen LogP contribution is -2.28. The predicted molar refractivity (Wildman–Crippen MR) is 133 cm³/mol. The molecular formula is C26H23FN4OS. The number of pyridine rings is 1. The number of fused-ring (bicyclic) bond motifs is 1. The van der Waals surface area contributed by atoms with Gasteiger partial charge in [0.1, 0.15) is 5.82 Å². The number of para-hydroxylation sites is 1. The van der Waals surface area contributed by atoms with Crippen LogP contribution in [0.5, 0.6) is 0 Å². The van der Waals surface area contributed by atoms with Gasteiger partial charge in [-0.05, 0) is 67.8 Å². The molecule has 0 unspecified atom stereocenters. The molecular weight excluding hydrogens is 435 g/mol. The maximum Gasteiger partial charge on any atom is 0.272 e. The molecule has 1 N–H and O–H groups in total. The van der Waals surface area contributed by atoms with Gasteiger partial charge in [-0.3, -0.25) is 4.79 Å². The van der Waals surface area contributed by atoms with Crippen LogP contribution in [0.15, 0.2) is 71.8 Å². The molecule has 0 spiro atoms. The SMILES string of the molecule is O=C(NN=Cc1ccc(N2CCCCC2)s1)c1cc(-c2ccc(F)cc2)nc2ccccc12. The molecule has 33 heavy (non-hydrogen) atoms. The van der Waals surface area contributed by atoms with E-state index in [-0.39, 0.29) is 11.7 Å². The van der Waals surface area contributed by atoms with Crippen molar-refractivity contribution in [1.82, 2.24) is 10.4 Å². The van der Waals surface area contributed by atoms with Crippen LogP contribution in [0.2, 0.25) is 0 Å². The Hall–Kier alpha value is -3.58. The molecule has 4 aromatic rings. The van der Waals surface area contributed by atoms with Gasteiger partial charge in [0.25, 0.3) is 5.91 Å². The molecule has 3 heterocycles. The quantitative estimate of drug-likeness (QED) is 0.301. The van der Waals surface area contributed by atoms with Gasteiger partial charge in [0.2, 0.25) is 0 Å². The number of anilines is 1. The summed E-state index contributed by atoms with van der Waals surface area (Å²) in [4.78, 5) is 21.1. The van der Waals surface area contributed by atoms with Crippen molar-refractivity contribution in [3.8, 4) is 11.3 Å². The van der Waals surface area contributed by atoms with Crippen LogP contribution < -0.4 is 10.3 Å². The number of carbonyl (C=O) groups excluding carboxylic acids is 1. The van der Waals surface area contributed by atoms with Crippen molar-refractivity contribution in [2.24, 2.45) is 5.10 Å². The highest BCUT2D eigenvalue weighted by Crippen LogP contribution is 2.28. The monoisotopic (exact) mass is 458 g/mol. The number of thiophene rings is 1. The number of piperidine rings is 1. The first kappa shape index (κ1) is 21.3. The molecule has 1 aliphatic heterocycles. The van der Waals surface area contributed by atoms with E-state index < -0.39 is 0 Å². The highest BCUT2D eigenvalue weighted by atomic mass is 32.1. The fourth-order valence-corrected chi connectivity index (χ4v) is 4.97. The number of nitrogens with one attached hydrogen (secondary N) is 1. The molecule has 7 heteroatoms. The minimum Gasteiger partial charge on any atom is -0.363 e. The summed E-state index contributed by atoms with van der Waals surface area (Å²) in [6, 6.07) is 19.4. The van der Waals surface area contributed by atoms with E-state index in [9.17, 15) is 9.18 Å². The number of halogens is 1. The minimum absolute atomic E-state index is 0.316. The molecule has 1 fully saturated rings. The maximum atomic E-state index is 13.3. The summed E-state index contributed by atoms with van der Waals surface area (Å²) in [6.07, 6.45) is 5.45. The van der Waals surface area contributed by atoms with Crippen molar-refractivity contribution in [2.45, 2.75) is 19.3 Å². The third kappa shape index (κ3) is 4.78. The number of carbonyl (C=O) groups is 1. The third-order valence-corrected chi connectivity index (χ3v) is 6.82. The Morgan fingerprint density at radius 2 is 1.82 bits per heavy atom. The van der Waals surface area contributed by atoms with E-state index in [0.29, 0.717) is 16.8 Å². The Morgan fingerprint density at radius 1 is 1.03 bits per heavy atom. The number of benzene rings is 2.